The Morgan fingerprint density at radius 2 is 2.21 bits per heavy atom. The first-order valence-electron chi connectivity index (χ1n) is 4.66. The van der Waals surface area contributed by atoms with Gasteiger partial charge in [-0.1, -0.05) is 19.1 Å². The Morgan fingerprint density at radius 1 is 1.50 bits per heavy atom. The van der Waals surface area contributed by atoms with Crippen molar-refractivity contribution in [1.82, 2.24) is 0 Å². The summed E-state index contributed by atoms with van der Waals surface area (Å²) in [5.74, 6) is -0.338. The molecule has 0 aliphatic rings. The first-order chi connectivity index (χ1) is 6.77. The lowest BCUT2D eigenvalue weighted by atomic mass is 10.1. The SMILES string of the molecule is CCC(C#N)CNc1ccccc1F. The van der Waals surface area contributed by atoms with Crippen LogP contribution in [0, 0.1) is 23.1 Å². The second-order valence-electron chi connectivity index (χ2n) is 3.10. The summed E-state index contributed by atoms with van der Waals surface area (Å²) in [7, 11) is 0. The number of nitrogens with zero attached hydrogens (tertiary/aromatic N) is 1. The van der Waals surface area contributed by atoms with Crippen molar-refractivity contribution in [1.29, 1.82) is 5.26 Å². The lowest BCUT2D eigenvalue weighted by Gasteiger charge is -2.09. The molecule has 1 rings (SSSR count). The van der Waals surface area contributed by atoms with Gasteiger partial charge in [-0.25, -0.2) is 4.39 Å². The number of para-hydroxylation sites is 1. The van der Waals surface area contributed by atoms with Crippen LogP contribution >= 0.6 is 0 Å². The van der Waals surface area contributed by atoms with Crippen molar-refractivity contribution in [2.75, 3.05) is 11.9 Å². The third kappa shape index (κ3) is 2.74. The van der Waals surface area contributed by atoms with Crippen LogP contribution in [0.2, 0.25) is 0 Å². The van der Waals surface area contributed by atoms with E-state index >= 15 is 0 Å². The average Bonchev–Trinajstić information content (AvgIpc) is 2.22. The standard InChI is InChI=1S/C11H13FN2/c1-2-9(7-13)8-14-11-6-4-3-5-10(11)12/h3-6,9,14H,2,8H2,1H3. The van der Waals surface area contributed by atoms with E-state index < -0.39 is 0 Å². The molecule has 2 nitrogen and oxygen atoms in total. The zero-order valence-corrected chi connectivity index (χ0v) is 8.13. The van der Waals surface area contributed by atoms with Crippen LogP contribution in [0.3, 0.4) is 0 Å². The number of benzene rings is 1. The van der Waals surface area contributed by atoms with Gasteiger partial charge >= 0.3 is 0 Å². The number of nitrogens with one attached hydrogen (secondary N) is 1. The summed E-state index contributed by atoms with van der Waals surface area (Å²) in [4.78, 5) is 0. The largest absolute Gasteiger partial charge is 0.381 e. The Labute approximate surface area is 83.4 Å². The molecule has 1 aromatic carbocycles. The molecule has 0 aliphatic heterocycles. The molecule has 0 spiro atoms. The van der Waals surface area contributed by atoms with Crippen LogP contribution in [-0.4, -0.2) is 6.54 Å². The fourth-order valence-electron chi connectivity index (χ4n) is 1.12. The molecule has 1 atom stereocenters. The maximum absolute atomic E-state index is 13.1. The molecule has 0 fully saturated rings. The molecule has 1 aromatic rings. The monoisotopic (exact) mass is 192 g/mol. The zero-order valence-electron chi connectivity index (χ0n) is 8.13. The first-order valence-corrected chi connectivity index (χ1v) is 4.66. The number of anilines is 1. The van der Waals surface area contributed by atoms with Gasteiger partial charge in [0.15, 0.2) is 0 Å². The van der Waals surface area contributed by atoms with Crippen LogP contribution in [-0.2, 0) is 0 Å². The van der Waals surface area contributed by atoms with Crippen molar-refractivity contribution >= 4 is 5.69 Å². The molecule has 0 heterocycles. The van der Waals surface area contributed by atoms with E-state index in [1.165, 1.54) is 6.07 Å². The van der Waals surface area contributed by atoms with Crippen molar-refractivity contribution < 1.29 is 4.39 Å². The lowest BCUT2D eigenvalue weighted by molar-refractivity contribution is 0.623. The summed E-state index contributed by atoms with van der Waals surface area (Å²) in [6.07, 6.45) is 0.776. The second kappa shape index (κ2) is 5.23. The summed E-state index contributed by atoms with van der Waals surface area (Å²) in [6.45, 7) is 2.44. The number of rotatable bonds is 4. The van der Waals surface area contributed by atoms with E-state index in [0.29, 0.717) is 12.2 Å². The summed E-state index contributed by atoms with van der Waals surface area (Å²) in [6, 6.07) is 8.62. The Balaban J connectivity index is 2.54. The fraction of sp³-hybridized carbons (Fsp3) is 0.364. The minimum absolute atomic E-state index is 0.0605. The smallest absolute Gasteiger partial charge is 0.146 e. The summed E-state index contributed by atoms with van der Waals surface area (Å²) < 4.78 is 13.1. The van der Waals surface area contributed by atoms with Gasteiger partial charge in [0.1, 0.15) is 5.82 Å². The summed E-state index contributed by atoms with van der Waals surface area (Å²) in [5.41, 5.74) is 0.459. The molecule has 1 unspecified atom stereocenters. The topological polar surface area (TPSA) is 35.8 Å². The van der Waals surface area contributed by atoms with Gasteiger partial charge in [0.2, 0.25) is 0 Å². The quantitative estimate of drug-likeness (QED) is 0.796. The Morgan fingerprint density at radius 3 is 2.79 bits per heavy atom. The fourth-order valence-corrected chi connectivity index (χ4v) is 1.12. The van der Waals surface area contributed by atoms with Gasteiger partial charge in [0.05, 0.1) is 17.7 Å². The van der Waals surface area contributed by atoms with Gasteiger partial charge in [0.25, 0.3) is 0 Å². The first kappa shape index (κ1) is 10.5. The molecule has 3 heteroatoms. The summed E-state index contributed by atoms with van der Waals surface area (Å²) in [5, 5.41) is 11.6. The molecule has 0 saturated carbocycles. The second-order valence-corrected chi connectivity index (χ2v) is 3.10. The van der Waals surface area contributed by atoms with E-state index in [9.17, 15) is 4.39 Å². The highest BCUT2D eigenvalue weighted by atomic mass is 19.1. The Bertz CT molecular complexity index is 330. The number of hydrogen-bond acceptors (Lipinski definition) is 2. The number of hydrogen-bond donors (Lipinski definition) is 1. The summed E-state index contributed by atoms with van der Waals surface area (Å²) >= 11 is 0. The normalized spacial score (nSPS) is 11.8. The zero-order chi connectivity index (χ0) is 10.4. The minimum Gasteiger partial charge on any atom is -0.381 e. The van der Waals surface area contributed by atoms with Gasteiger partial charge in [-0.2, -0.15) is 5.26 Å². The highest BCUT2D eigenvalue weighted by Gasteiger charge is 2.05. The average molecular weight is 192 g/mol. The Hall–Kier alpha value is -1.56. The molecule has 0 aromatic heterocycles. The van der Waals surface area contributed by atoms with Gasteiger partial charge in [-0.15, -0.1) is 0 Å². The van der Waals surface area contributed by atoms with Crippen LogP contribution < -0.4 is 5.32 Å². The molecule has 0 bridgehead atoms. The predicted molar refractivity (Wildman–Crippen MR) is 54.3 cm³/mol. The van der Waals surface area contributed by atoms with Crippen molar-refractivity contribution in [3.8, 4) is 6.07 Å². The number of nitriles is 1. The molecular weight excluding hydrogens is 179 g/mol. The van der Waals surface area contributed by atoms with E-state index in [0.717, 1.165) is 6.42 Å². The third-order valence-electron chi connectivity index (χ3n) is 2.09. The van der Waals surface area contributed by atoms with Crippen LogP contribution in [0.25, 0.3) is 0 Å². The third-order valence-corrected chi connectivity index (χ3v) is 2.09. The van der Waals surface area contributed by atoms with E-state index in [-0.39, 0.29) is 11.7 Å². The van der Waals surface area contributed by atoms with Crippen LogP contribution in [0.4, 0.5) is 10.1 Å². The maximum Gasteiger partial charge on any atom is 0.146 e. The van der Waals surface area contributed by atoms with Crippen molar-refractivity contribution in [2.24, 2.45) is 5.92 Å². The molecule has 0 saturated heterocycles. The molecule has 0 aliphatic carbocycles. The molecule has 74 valence electrons. The van der Waals surface area contributed by atoms with Gasteiger partial charge in [-0.3, -0.25) is 0 Å². The molecular formula is C11H13FN2. The maximum atomic E-state index is 13.1. The van der Waals surface area contributed by atoms with Gasteiger partial charge in [0, 0.05) is 6.54 Å². The highest BCUT2D eigenvalue weighted by molar-refractivity contribution is 5.44. The van der Waals surface area contributed by atoms with Gasteiger partial charge in [-0.05, 0) is 18.6 Å². The van der Waals surface area contributed by atoms with Crippen LogP contribution in [0.5, 0.6) is 0 Å². The molecule has 0 amide bonds. The molecule has 1 N–H and O–H groups in total. The van der Waals surface area contributed by atoms with Crippen molar-refractivity contribution in [3.63, 3.8) is 0 Å². The van der Waals surface area contributed by atoms with E-state index in [1.807, 2.05) is 6.92 Å². The predicted octanol–water partition coefficient (Wildman–Crippen LogP) is 2.79. The van der Waals surface area contributed by atoms with Gasteiger partial charge < -0.3 is 5.32 Å². The molecule has 0 radical (unpaired) electrons. The number of halogens is 1. The van der Waals surface area contributed by atoms with E-state index in [4.69, 9.17) is 5.26 Å². The highest BCUT2D eigenvalue weighted by Crippen LogP contribution is 2.13. The van der Waals surface area contributed by atoms with Crippen LogP contribution in [0.15, 0.2) is 24.3 Å². The van der Waals surface area contributed by atoms with E-state index in [1.54, 1.807) is 18.2 Å². The van der Waals surface area contributed by atoms with Crippen molar-refractivity contribution in [2.45, 2.75) is 13.3 Å². The van der Waals surface area contributed by atoms with Crippen molar-refractivity contribution in [3.05, 3.63) is 30.1 Å². The molecule has 14 heavy (non-hydrogen) atoms. The van der Waals surface area contributed by atoms with Crippen LogP contribution in [0.1, 0.15) is 13.3 Å². The lowest BCUT2D eigenvalue weighted by Crippen LogP contribution is -2.12. The minimum atomic E-state index is -0.278. The Kier molecular flexibility index (Phi) is 3.93. The van der Waals surface area contributed by atoms with E-state index in [2.05, 4.69) is 11.4 Å².